The summed E-state index contributed by atoms with van der Waals surface area (Å²) < 4.78 is 2.06. The average Bonchev–Trinajstić information content (AvgIpc) is 3.04. The van der Waals surface area contributed by atoms with E-state index >= 15 is 0 Å². The number of aliphatic imine (C=N–C) groups is 1. The number of nitrogens with zero attached hydrogens (tertiary/aromatic N) is 3. The van der Waals surface area contributed by atoms with Crippen LogP contribution in [0, 0.1) is 6.92 Å². The molecule has 0 aromatic carbocycles. The molecule has 2 aromatic rings. The van der Waals surface area contributed by atoms with Crippen molar-refractivity contribution in [1.29, 1.82) is 0 Å². The van der Waals surface area contributed by atoms with Crippen molar-refractivity contribution in [2.24, 2.45) is 10.7 Å². The summed E-state index contributed by atoms with van der Waals surface area (Å²) in [6.07, 6.45) is 4.41. The lowest BCUT2D eigenvalue weighted by Crippen LogP contribution is -2.33. The summed E-state index contributed by atoms with van der Waals surface area (Å²) in [5.74, 6) is 0.520. The first-order valence-corrected chi connectivity index (χ1v) is 6.22. The van der Waals surface area contributed by atoms with Crippen LogP contribution in [-0.2, 0) is 6.54 Å². The summed E-state index contributed by atoms with van der Waals surface area (Å²) in [5.41, 5.74) is 8.84. The molecule has 0 aliphatic heterocycles. The van der Waals surface area contributed by atoms with E-state index in [2.05, 4.69) is 32.7 Å². The first kappa shape index (κ1) is 14.1. The topological polar surface area (TPSA) is 67.7 Å². The fourth-order valence-corrected chi connectivity index (χ4v) is 1.92. The molecule has 0 bridgehead atoms. The molecule has 0 amide bonds. The van der Waals surface area contributed by atoms with E-state index in [1.807, 2.05) is 18.3 Å². The summed E-state index contributed by atoms with van der Waals surface area (Å²) >= 11 is 0. The Morgan fingerprint density at radius 2 is 2.32 bits per heavy atom. The van der Waals surface area contributed by atoms with E-state index in [4.69, 9.17) is 5.73 Å². The van der Waals surface area contributed by atoms with E-state index in [1.165, 1.54) is 18.5 Å². The van der Waals surface area contributed by atoms with Gasteiger partial charge in [-0.2, -0.15) is 0 Å². The highest BCUT2D eigenvalue weighted by Crippen LogP contribution is 2.18. The van der Waals surface area contributed by atoms with Crippen LogP contribution in [0.5, 0.6) is 0 Å². The summed E-state index contributed by atoms with van der Waals surface area (Å²) in [6, 6.07) is 6.60. The Hall–Kier alpha value is -1.31. The lowest BCUT2D eigenvalue weighted by atomic mass is 10.4. The summed E-state index contributed by atoms with van der Waals surface area (Å²) in [6.45, 7) is 2.58. The monoisotopic (exact) mass is 371 g/mol. The molecule has 0 spiro atoms. The van der Waals surface area contributed by atoms with Crippen LogP contribution in [0.25, 0.3) is 5.65 Å². The van der Waals surface area contributed by atoms with E-state index < -0.39 is 0 Å². The molecule has 0 unspecified atom stereocenters. The van der Waals surface area contributed by atoms with Crippen LogP contribution in [-0.4, -0.2) is 21.4 Å². The molecule has 19 heavy (non-hydrogen) atoms. The van der Waals surface area contributed by atoms with E-state index in [9.17, 15) is 0 Å². The number of hydrogen-bond acceptors (Lipinski definition) is 2. The van der Waals surface area contributed by atoms with Gasteiger partial charge < -0.3 is 15.5 Å². The van der Waals surface area contributed by atoms with Gasteiger partial charge in [-0.25, -0.2) is 9.98 Å². The van der Waals surface area contributed by atoms with Gasteiger partial charge in [-0.3, -0.25) is 0 Å². The number of rotatable bonds is 3. The lowest BCUT2D eigenvalue weighted by molar-refractivity contribution is 0.874. The molecule has 0 radical (unpaired) electrons. The van der Waals surface area contributed by atoms with E-state index in [1.54, 1.807) is 0 Å². The Morgan fingerprint density at radius 3 is 3.00 bits per heavy atom. The highest BCUT2D eigenvalue weighted by molar-refractivity contribution is 14.0. The van der Waals surface area contributed by atoms with E-state index in [-0.39, 0.29) is 24.0 Å². The maximum Gasteiger partial charge on any atom is 0.189 e. The maximum atomic E-state index is 5.79. The average molecular weight is 371 g/mol. The van der Waals surface area contributed by atoms with Gasteiger partial charge in [-0.1, -0.05) is 6.07 Å². The molecule has 6 heteroatoms. The van der Waals surface area contributed by atoms with Gasteiger partial charge in [-0.15, -0.1) is 24.0 Å². The molecule has 2 heterocycles. The molecule has 1 saturated carbocycles. The summed E-state index contributed by atoms with van der Waals surface area (Å²) in [5, 5.41) is 3.16. The zero-order valence-corrected chi connectivity index (χ0v) is 13.2. The number of nitrogens with two attached hydrogens (primary N) is 1. The quantitative estimate of drug-likeness (QED) is 0.492. The van der Waals surface area contributed by atoms with Crippen LogP contribution in [0.4, 0.5) is 0 Å². The number of aromatic nitrogens is 2. The van der Waals surface area contributed by atoms with Crippen molar-refractivity contribution in [2.45, 2.75) is 32.4 Å². The van der Waals surface area contributed by atoms with Crippen molar-refractivity contribution in [3.63, 3.8) is 0 Å². The Kier molecular flexibility index (Phi) is 4.28. The third kappa shape index (κ3) is 3.37. The number of pyridine rings is 1. The first-order valence-electron chi connectivity index (χ1n) is 6.22. The minimum Gasteiger partial charge on any atom is -0.370 e. The third-order valence-electron chi connectivity index (χ3n) is 3.09. The van der Waals surface area contributed by atoms with Crippen molar-refractivity contribution in [2.75, 3.05) is 0 Å². The van der Waals surface area contributed by atoms with Gasteiger partial charge in [0.1, 0.15) is 5.65 Å². The standard InChI is InChI=1S/C13H17N5.HI/c1-9-3-2-4-12-16-11(8-18(9)12)7-15-13(14)17-10-5-6-10;/h2-4,8,10H,5-7H2,1H3,(H3,14,15,17);1H. The lowest BCUT2D eigenvalue weighted by Gasteiger charge is -2.01. The second-order valence-electron chi connectivity index (χ2n) is 4.75. The van der Waals surface area contributed by atoms with Crippen molar-refractivity contribution < 1.29 is 0 Å². The molecule has 1 aliphatic rings. The van der Waals surface area contributed by atoms with Crippen LogP contribution < -0.4 is 11.1 Å². The second-order valence-corrected chi connectivity index (χ2v) is 4.75. The van der Waals surface area contributed by atoms with Crippen LogP contribution in [0.15, 0.2) is 29.4 Å². The van der Waals surface area contributed by atoms with Crippen molar-refractivity contribution in [3.05, 3.63) is 35.8 Å². The molecule has 1 aliphatic carbocycles. The predicted octanol–water partition coefficient (Wildman–Crippen LogP) is 1.83. The number of halogens is 1. The highest BCUT2D eigenvalue weighted by atomic mass is 127. The van der Waals surface area contributed by atoms with Crippen molar-refractivity contribution >= 4 is 35.6 Å². The molecule has 5 nitrogen and oxygen atoms in total. The fourth-order valence-electron chi connectivity index (χ4n) is 1.92. The first-order chi connectivity index (χ1) is 8.72. The van der Waals surface area contributed by atoms with Gasteiger partial charge in [0.25, 0.3) is 0 Å². The van der Waals surface area contributed by atoms with Crippen molar-refractivity contribution in [3.8, 4) is 0 Å². The number of fused-ring (bicyclic) bond motifs is 1. The molecule has 2 aromatic heterocycles. The Bertz CT molecular complexity index is 600. The maximum absolute atomic E-state index is 5.79. The second kappa shape index (κ2) is 5.77. The van der Waals surface area contributed by atoms with Crippen LogP contribution in [0.3, 0.4) is 0 Å². The van der Waals surface area contributed by atoms with Crippen LogP contribution in [0.2, 0.25) is 0 Å². The van der Waals surface area contributed by atoms with Crippen LogP contribution in [0.1, 0.15) is 24.2 Å². The number of nitrogens with one attached hydrogen (secondary N) is 1. The van der Waals surface area contributed by atoms with Gasteiger partial charge >= 0.3 is 0 Å². The van der Waals surface area contributed by atoms with Crippen molar-refractivity contribution in [1.82, 2.24) is 14.7 Å². The zero-order chi connectivity index (χ0) is 12.5. The Balaban J connectivity index is 0.00000133. The normalized spacial score (nSPS) is 15.3. The molecule has 3 N–H and O–H groups in total. The van der Waals surface area contributed by atoms with Gasteiger partial charge in [0, 0.05) is 17.9 Å². The van der Waals surface area contributed by atoms with Gasteiger partial charge in [0.15, 0.2) is 5.96 Å². The molecule has 1 fully saturated rings. The zero-order valence-electron chi connectivity index (χ0n) is 10.8. The summed E-state index contributed by atoms with van der Waals surface area (Å²) in [7, 11) is 0. The van der Waals surface area contributed by atoms with Gasteiger partial charge in [0.2, 0.25) is 0 Å². The Morgan fingerprint density at radius 1 is 1.53 bits per heavy atom. The summed E-state index contributed by atoms with van der Waals surface area (Å²) in [4.78, 5) is 8.82. The number of hydrogen-bond donors (Lipinski definition) is 2. The molecular weight excluding hydrogens is 353 g/mol. The SMILES string of the molecule is Cc1cccc2nc(CN=C(N)NC3CC3)cn12.I. The smallest absolute Gasteiger partial charge is 0.189 e. The molecular formula is C13H18IN5. The number of aryl methyl sites for hydroxylation is 1. The van der Waals surface area contributed by atoms with Gasteiger partial charge in [-0.05, 0) is 31.9 Å². The molecule has 3 rings (SSSR count). The van der Waals surface area contributed by atoms with E-state index in [0.29, 0.717) is 18.5 Å². The third-order valence-corrected chi connectivity index (χ3v) is 3.09. The number of guanidine groups is 1. The number of imidazole rings is 1. The fraction of sp³-hybridized carbons (Fsp3) is 0.385. The molecule has 102 valence electrons. The molecule has 0 saturated heterocycles. The van der Waals surface area contributed by atoms with Crippen LogP contribution >= 0.6 is 24.0 Å². The molecule has 0 atom stereocenters. The highest BCUT2D eigenvalue weighted by Gasteiger charge is 2.21. The minimum atomic E-state index is 0. The predicted molar refractivity (Wildman–Crippen MR) is 86.8 cm³/mol. The van der Waals surface area contributed by atoms with E-state index in [0.717, 1.165) is 11.3 Å². The largest absolute Gasteiger partial charge is 0.370 e. The minimum absolute atomic E-state index is 0. The van der Waals surface area contributed by atoms with Gasteiger partial charge in [0.05, 0.1) is 12.2 Å². The Labute approximate surface area is 129 Å².